The minimum absolute atomic E-state index is 0.394. The Kier molecular flexibility index (Phi) is 5.67. The van der Waals surface area contributed by atoms with Gasteiger partial charge in [0.05, 0.1) is 18.9 Å². The van der Waals surface area contributed by atoms with Gasteiger partial charge in [-0.2, -0.15) is 4.98 Å². The molecule has 128 valence electrons. The van der Waals surface area contributed by atoms with Gasteiger partial charge >= 0.3 is 0 Å². The molecule has 0 radical (unpaired) electrons. The SMILES string of the molecule is CC[C@H](C)Nc1nc(NCCN2CCOCC2)cc(C2CC2)n1. The lowest BCUT2D eigenvalue weighted by molar-refractivity contribution is 0.0398. The zero-order chi connectivity index (χ0) is 16.1. The Morgan fingerprint density at radius 1 is 1.30 bits per heavy atom. The van der Waals surface area contributed by atoms with Crippen LogP contribution in [0.1, 0.15) is 44.7 Å². The van der Waals surface area contributed by atoms with E-state index in [2.05, 4.69) is 40.4 Å². The van der Waals surface area contributed by atoms with Crippen molar-refractivity contribution in [1.82, 2.24) is 14.9 Å². The number of anilines is 2. The van der Waals surface area contributed by atoms with Gasteiger partial charge in [-0.05, 0) is 26.2 Å². The predicted octanol–water partition coefficient (Wildman–Crippen LogP) is 2.31. The van der Waals surface area contributed by atoms with E-state index in [-0.39, 0.29) is 0 Å². The molecule has 1 saturated carbocycles. The predicted molar refractivity (Wildman–Crippen MR) is 93.1 cm³/mol. The van der Waals surface area contributed by atoms with Crippen LogP contribution in [-0.4, -0.2) is 60.3 Å². The minimum atomic E-state index is 0.394. The van der Waals surface area contributed by atoms with Gasteiger partial charge in [0, 0.05) is 44.2 Å². The van der Waals surface area contributed by atoms with E-state index in [1.165, 1.54) is 18.5 Å². The summed E-state index contributed by atoms with van der Waals surface area (Å²) in [5, 5.41) is 6.88. The van der Waals surface area contributed by atoms with Crippen molar-refractivity contribution in [1.29, 1.82) is 0 Å². The summed E-state index contributed by atoms with van der Waals surface area (Å²) in [7, 11) is 0. The molecule has 1 saturated heterocycles. The van der Waals surface area contributed by atoms with Gasteiger partial charge in [0.2, 0.25) is 5.95 Å². The van der Waals surface area contributed by atoms with E-state index in [0.29, 0.717) is 12.0 Å². The summed E-state index contributed by atoms with van der Waals surface area (Å²) in [6, 6.07) is 2.52. The Bertz CT molecular complexity index is 500. The molecule has 2 N–H and O–H groups in total. The van der Waals surface area contributed by atoms with Crippen molar-refractivity contribution in [3.05, 3.63) is 11.8 Å². The largest absolute Gasteiger partial charge is 0.379 e. The number of nitrogens with one attached hydrogen (secondary N) is 2. The van der Waals surface area contributed by atoms with Gasteiger partial charge in [-0.15, -0.1) is 0 Å². The standard InChI is InChI=1S/C17H29N5O/c1-3-13(2)19-17-20-15(14-4-5-14)12-16(21-17)18-6-7-22-8-10-23-11-9-22/h12-14H,3-11H2,1-2H3,(H2,18,19,20,21)/t13-/m0/s1. The quantitative estimate of drug-likeness (QED) is 0.767. The summed E-state index contributed by atoms with van der Waals surface area (Å²) in [5.74, 6) is 2.34. The minimum Gasteiger partial charge on any atom is -0.379 e. The molecule has 6 heteroatoms. The molecule has 2 fully saturated rings. The second-order valence-electron chi connectivity index (χ2n) is 6.61. The van der Waals surface area contributed by atoms with Crippen molar-refractivity contribution in [2.75, 3.05) is 50.0 Å². The van der Waals surface area contributed by atoms with Crippen LogP contribution >= 0.6 is 0 Å². The summed E-state index contributed by atoms with van der Waals surface area (Å²) < 4.78 is 5.39. The second-order valence-corrected chi connectivity index (χ2v) is 6.61. The van der Waals surface area contributed by atoms with Crippen LogP contribution in [0.25, 0.3) is 0 Å². The number of rotatable bonds is 8. The molecule has 0 bridgehead atoms. The van der Waals surface area contributed by atoms with Gasteiger partial charge in [0.25, 0.3) is 0 Å². The third-order valence-corrected chi connectivity index (χ3v) is 4.57. The van der Waals surface area contributed by atoms with Gasteiger partial charge in [-0.1, -0.05) is 6.92 Å². The van der Waals surface area contributed by atoms with E-state index >= 15 is 0 Å². The number of nitrogens with zero attached hydrogens (tertiary/aromatic N) is 3. The fraction of sp³-hybridized carbons (Fsp3) is 0.765. The maximum absolute atomic E-state index is 5.39. The third kappa shape index (κ3) is 5.04. The fourth-order valence-electron chi connectivity index (χ4n) is 2.70. The van der Waals surface area contributed by atoms with Gasteiger partial charge in [0.1, 0.15) is 5.82 Å². The highest BCUT2D eigenvalue weighted by Gasteiger charge is 2.26. The molecular weight excluding hydrogens is 290 g/mol. The van der Waals surface area contributed by atoms with E-state index in [1.807, 2.05) is 0 Å². The van der Waals surface area contributed by atoms with Crippen LogP contribution in [0.5, 0.6) is 0 Å². The van der Waals surface area contributed by atoms with E-state index in [4.69, 9.17) is 9.72 Å². The molecule has 6 nitrogen and oxygen atoms in total. The van der Waals surface area contributed by atoms with Gasteiger partial charge in [-0.25, -0.2) is 4.98 Å². The first-order valence-corrected chi connectivity index (χ1v) is 8.94. The van der Waals surface area contributed by atoms with E-state index in [1.54, 1.807) is 0 Å². The van der Waals surface area contributed by atoms with E-state index in [9.17, 15) is 0 Å². The Morgan fingerprint density at radius 2 is 2.09 bits per heavy atom. The first-order valence-electron chi connectivity index (χ1n) is 8.94. The summed E-state index contributed by atoms with van der Waals surface area (Å²) in [4.78, 5) is 11.8. The smallest absolute Gasteiger partial charge is 0.225 e. The van der Waals surface area contributed by atoms with Crippen LogP contribution in [-0.2, 0) is 4.74 Å². The number of hydrogen-bond acceptors (Lipinski definition) is 6. The summed E-state index contributed by atoms with van der Waals surface area (Å²) in [6.07, 6.45) is 3.58. The summed E-state index contributed by atoms with van der Waals surface area (Å²) in [5.41, 5.74) is 1.18. The number of morpholine rings is 1. The molecule has 2 heterocycles. The molecule has 0 unspecified atom stereocenters. The molecular formula is C17H29N5O. The Morgan fingerprint density at radius 3 is 2.78 bits per heavy atom. The van der Waals surface area contributed by atoms with Crippen molar-refractivity contribution in [3.63, 3.8) is 0 Å². The van der Waals surface area contributed by atoms with Crippen molar-refractivity contribution in [2.45, 2.75) is 45.1 Å². The lowest BCUT2D eigenvalue weighted by Crippen LogP contribution is -2.39. The van der Waals surface area contributed by atoms with E-state index < -0.39 is 0 Å². The van der Waals surface area contributed by atoms with E-state index in [0.717, 1.165) is 57.6 Å². The third-order valence-electron chi connectivity index (χ3n) is 4.57. The highest BCUT2D eigenvalue weighted by Crippen LogP contribution is 2.39. The normalized spacial score (nSPS) is 20.3. The molecule has 0 amide bonds. The lowest BCUT2D eigenvalue weighted by atomic mass is 10.2. The molecule has 23 heavy (non-hydrogen) atoms. The maximum Gasteiger partial charge on any atom is 0.225 e. The number of aromatic nitrogens is 2. The van der Waals surface area contributed by atoms with Gasteiger partial charge in [0.15, 0.2) is 0 Å². The number of ether oxygens (including phenoxy) is 1. The van der Waals surface area contributed by atoms with Crippen LogP contribution in [0.4, 0.5) is 11.8 Å². The Hall–Kier alpha value is -1.40. The molecule has 3 rings (SSSR count). The van der Waals surface area contributed by atoms with Crippen LogP contribution in [0, 0.1) is 0 Å². The zero-order valence-corrected chi connectivity index (χ0v) is 14.3. The van der Waals surface area contributed by atoms with Crippen molar-refractivity contribution < 1.29 is 4.74 Å². The molecule has 0 spiro atoms. The molecule has 1 aromatic rings. The van der Waals surface area contributed by atoms with Crippen LogP contribution < -0.4 is 10.6 Å². The first-order chi connectivity index (χ1) is 11.2. The molecule has 2 aliphatic rings. The number of hydrogen-bond donors (Lipinski definition) is 2. The highest BCUT2D eigenvalue weighted by molar-refractivity contribution is 5.44. The van der Waals surface area contributed by atoms with Crippen LogP contribution in [0.15, 0.2) is 6.07 Å². The van der Waals surface area contributed by atoms with Crippen LogP contribution in [0.2, 0.25) is 0 Å². The molecule has 1 aliphatic carbocycles. The van der Waals surface area contributed by atoms with Crippen molar-refractivity contribution in [2.24, 2.45) is 0 Å². The highest BCUT2D eigenvalue weighted by atomic mass is 16.5. The fourth-order valence-corrected chi connectivity index (χ4v) is 2.70. The summed E-state index contributed by atoms with van der Waals surface area (Å²) >= 11 is 0. The van der Waals surface area contributed by atoms with Gasteiger partial charge < -0.3 is 15.4 Å². The monoisotopic (exact) mass is 319 g/mol. The average Bonchev–Trinajstić information content (AvgIpc) is 3.40. The van der Waals surface area contributed by atoms with Gasteiger partial charge in [-0.3, -0.25) is 4.90 Å². The molecule has 1 aromatic heterocycles. The first kappa shape index (κ1) is 16.5. The molecule has 1 aliphatic heterocycles. The second kappa shape index (κ2) is 7.93. The molecule has 0 aromatic carbocycles. The van der Waals surface area contributed by atoms with Crippen molar-refractivity contribution >= 4 is 11.8 Å². The average molecular weight is 319 g/mol. The molecule has 1 atom stereocenters. The zero-order valence-electron chi connectivity index (χ0n) is 14.3. The summed E-state index contributed by atoms with van der Waals surface area (Å²) in [6.45, 7) is 10.0. The maximum atomic E-state index is 5.39. The van der Waals surface area contributed by atoms with Crippen LogP contribution in [0.3, 0.4) is 0 Å². The lowest BCUT2D eigenvalue weighted by Gasteiger charge is -2.26. The Balaban J connectivity index is 1.58. The van der Waals surface area contributed by atoms with Crippen molar-refractivity contribution in [3.8, 4) is 0 Å². The Labute approximate surface area is 139 Å². The topological polar surface area (TPSA) is 62.3 Å².